The highest BCUT2D eigenvalue weighted by Crippen LogP contribution is 2.28. The van der Waals surface area contributed by atoms with Gasteiger partial charge in [-0.3, -0.25) is 0 Å². The van der Waals surface area contributed by atoms with E-state index in [0.717, 1.165) is 22.1 Å². The minimum atomic E-state index is -0.233. The molecule has 3 aromatic rings. The largest absolute Gasteiger partial charge is 0.331 e. The first kappa shape index (κ1) is 20.4. The Kier molecular flexibility index (Phi) is 7.47. The van der Waals surface area contributed by atoms with Crippen LogP contribution < -0.4 is 10.6 Å². The van der Waals surface area contributed by atoms with Crippen LogP contribution in [-0.2, 0) is 13.1 Å². The van der Waals surface area contributed by atoms with Crippen molar-refractivity contribution >= 4 is 35.0 Å². The summed E-state index contributed by atoms with van der Waals surface area (Å²) in [5.74, 6) is 0. The van der Waals surface area contributed by atoms with Crippen molar-refractivity contribution in [3.63, 3.8) is 0 Å². The van der Waals surface area contributed by atoms with Crippen molar-refractivity contribution in [1.82, 2.24) is 14.6 Å². The van der Waals surface area contributed by atoms with Crippen LogP contribution in [0.1, 0.15) is 24.4 Å². The number of carbonyl (C=O) groups excluding carboxylic acids is 1. The predicted octanol–water partition coefficient (Wildman–Crippen LogP) is 5.38. The van der Waals surface area contributed by atoms with Gasteiger partial charge in [-0.2, -0.15) is 0 Å². The zero-order chi connectivity index (χ0) is 19.8. The van der Waals surface area contributed by atoms with E-state index in [1.165, 1.54) is 16.9 Å². The van der Waals surface area contributed by atoms with Gasteiger partial charge >= 0.3 is 6.03 Å². The van der Waals surface area contributed by atoms with Crippen molar-refractivity contribution in [2.24, 2.45) is 0 Å². The first-order chi connectivity index (χ1) is 13.6. The number of urea groups is 1. The van der Waals surface area contributed by atoms with Gasteiger partial charge in [0.1, 0.15) is 5.01 Å². The van der Waals surface area contributed by atoms with Crippen LogP contribution in [0.5, 0.6) is 0 Å². The van der Waals surface area contributed by atoms with Crippen LogP contribution in [0.4, 0.5) is 10.5 Å². The standard InChI is InChI=1S/C21H24N4OS2/c1-16(2)25(15-17-6-4-3-5-7-17)28-19-10-8-18(9-11-19)24-21(26)23-14-20-22-12-13-27-20/h3-13,16H,14-15H2,1-2H3,(H2,23,24,26). The number of thiazole rings is 1. The first-order valence-electron chi connectivity index (χ1n) is 9.12. The third-order valence-corrected chi connectivity index (χ3v) is 6.02. The molecule has 0 aliphatic heterocycles. The Morgan fingerprint density at radius 1 is 1.14 bits per heavy atom. The van der Waals surface area contributed by atoms with Crippen molar-refractivity contribution in [3.05, 3.63) is 76.7 Å². The van der Waals surface area contributed by atoms with E-state index in [1.807, 2.05) is 35.7 Å². The molecule has 0 saturated heterocycles. The minimum absolute atomic E-state index is 0.233. The summed E-state index contributed by atoms with van der Waals surface area (Å²) in [6.45, 7) is 5.69. The molecule has 7 heteroatoms. The molecule has 1 aromatic heterocycles. The third-order valence-electron chi connectivity index (χ3n) is 3.98. The van der Waals surface area contributed by atoms with Crippen molar-refractivity contribution in [1.29, 1.82) is 0 Å². The van der Waals surface area contributed by atoms with E-state index in [4.69, 9.17) is 0 Å². The summed E-state index contributed by atoms with van der Waals surface area (Å²) < 4.78 is 2.35. The molecule has 0 unspecified atom stereocenters. The second-order valence-corrected chi connectivity index (χ2v) is 8.61. The highest BCUT2D eigenvalue weighted by molar-refractivity contribution is 7.97. The lowest BCUT2D eigenvalue weighted by Crippen LogP contribution is -2.28. The number of aromatic nitrogens is 1. The number of nitrogens with one attached hydrogen (secondary N) is 2. The zero-order valence-corrected chi connectivity index (χ0v) is 17.6. The van der Waals surface area contributed by atoms with Crippen molar-refractivity contribution in [2.75, 3.05) is 5.32 Å². The van der Waals surface area contributed by atoms with Gasteiger partial charge in [0, 0.05) is 34.7 Å². The van der Waals surface area contributed by atoms with Gasteiger partial charge < -0.3 is 10.6 Å². The van der Waals surface area contributed by atoms with Crippen molar-refractivity contribution < 1.29 is 4.79 Å². The van der Waals surface area contributed by atoms with Gasteiger partial charge in [0.2, 0.25) is 0 Å². The van der Waals surface area contributed by atoms with Gasteiger partial charge in [0.15, 0.2) is 0 Å². The maximum atomic E-state index is 12.0. The molecule has 5 nitrogen and oxygen atoms in total. The maximum Gasteiger partial charge on any atom is 0.319 e. The number of rotatable bonds is 8. The molecule has 0 aliphatic carbocycles. The van der Waals surface area contributed by atoms with Gasteiger partial charge in [-0.15, -0.1) is 11.3 Å². The molecule has 1 heterocycles. The van der Waals surface area contributed by atoms with Gasteiger partial charge in [-0.1, -0.05) is 30.3 Å². The van der Waals surface area contributed by atoms with E-state index in [1.54, 1.807) is 18.1 Å². The van der Waals surface area contributed by atoms with E-state index in [9.17, 15) is 4.79 Å². The summed E-state index contributed by atoms with van der Waals surface area (Å²) in [6.07, 6.45) is 1.73. The first-order valence-corrected chi connectivity index (χ1v) is 10.8. The monoisotopic (exact) mass is 412 g/mol. The summed E-state index contributed by atoms with van der Waals surface area (Å²) in [6, 6.07) is 18.5. The number of anilines is 1. The molecule has 3 rings (SSSR count). The average Bonchev–Trinajstić information content (AvgIpc) is 3.22. The van der Waals surface area contributed by atoms with Gasteiger partial charge in [0.25, 0.3) is 0 Å². The van der Waals surface area contributed by atoms with Gasteiger partial charge in [-0.25, -0.2) is 14.1 Å². The molecular weight excluding hydrogens is 388 g/mol. The van der Waals surface area contributed by atoms with Crippen molar-refractivity contribution in [3.8, 4) is 0 Å². The second kappa shape index (κ2) is 10.3. The normalized spacial score (nSPS) is 11.0. The Labute approximate surface area is 174 Å². The summed E-state index contributed by atoms with van der Waals surface area (Å²) in [5.41, 5.74) is 2.05. The predicted molar refractivity (Wildman–Crippen MR) is 117 cm³/mol. The molecule has 0 spiro atoms. The SMILES string of the molecule is CC(C)N(Cc1ccccc1)Sc1ccc(NC(=O)NCc2nccs2)cc1. The summed E-state index contributed by atoms with van der Waals surface area (Å²) >= 11 is 3.25. The van der Waals surface area contributed by atoms with E-state index < -0.39 is 0 Å². The smallest absolute Gasteiger partial charge is 0.319 e. The molecule has 0 fully saturated rings. The molecule has 2 N–H and O–H groups in total. The average molecular weight is 413 g/mol. The lowest BCUT2D eigenvalue weighted by atomic mass is 10.2. The number of nitrogens with zero attached hydrogens (tertiary/aromatic N) is 2. The van der Waals surface area contributed by atoms with Gasteiger partial charge in [0.05, 0.1) is 6.54 Å². The quantitative estimate of drug-likeness (QED) is 0.488. The van der Waals surface area contributed by atoms with Crippen LogP contribution in [0.15, 0.2) is 71.1 Å². The molecule has 146 valence electrons. The molecule has 0 bridgehead atoms. The Hall–Kier alpha value is -2.35. The highest BCUT2D eigenvalue weighted by Gasteiger charge is 2.12. The lowest BCUT2D eigenvalue weighted by molar-refractivity contribution is 0.251. The van der Waals surface area contributed by atoms with Crippen LogP contribution in [0.25, 0.3) is 0 Å². The fourth-order valence-electron chi connectivity index (χ4n) is 2.49. The van der Waals surface area contributed by atoms with E-state index >= 15 is 0 Å². The fraction of sp³-hybridized carbons (Fsp3) is 0.238. The maximum absolute atomic E-state index is 12.0. The molecule has 2 aromatic carbocycles. The minimum Gasteiger partial charge on any atom is -0.331 e. The highest BCUT2D eigenvalue weighted by atomic mass is 32.2. The van der Waals surface area contributed by atoms with Crippen LogP contribution in [0, 0.1) is 0 Å². The molecule has 0 radical (unpaired) electrons. The third kappa shape index (κ3) is 6.37. The molecule has 0 aliphatic rings. The van der Waals surface area contributed by atoms with Crippen molar-refractivity contribution in [2.45, 2.75) is 37.9 Å². The second-order valence-electron chi connectivity index (χ2n) is 6.50. The summed E-state index contributed by atoms with van der Waals surface area (Å²) in [4.78, 5) is 17.3. The number of carbonyl (C=O) groups is 1. The Morgan fingerprint density at radius 3 is 2.54 bits per heavy atom. The lowest BCUT2D eigenvalue weighted by Gasteiger charge is -2.25. The Balaban J connectivity index is 1.53. The topological polar surface area (TPSA) is 57.3 Å². The van der Waals surface area contributed by atoms with E-state index in [-0.39, 0.29) is 6.03 Å². The Morgan fingerprint density at radius 2 is 1.89 bits per heavy atom. The molecular formula is C21H24N4OS2. The van der Waals surface area contributed by atoms with Gasteiger partial charge in [-0.05, 0) is 55.6 Å². The Bertz CT molecular complexity index is 852. The molecule has 0 atom stereocenters. The van der Waals surface area contributed by atoms with Crippen LogP contribution in [0.3, 0.4) is 0 Å². The zero-order valence-electron chi connectivity index (χ0n) is 16.0. The molecule has 2 amide bonds. The fourth-order valence-corrected chi connectivity index (χ4v) is 4.00. The summed E-state index contributed by atoms with van der Waals surface area (Å²) in [5, 5.41) is 8.43. The van der Waals surface area contributed by atoms with Crippen LogP contribution in [-0.4, -0.2) is 21.4 Å². The number of benzene rings is 2. The number of hydrogen-bond donors (Lipinski definition) is 2. The summed E-state index contributed by atoms with van der Waals surface area (Å²) in [7, 11) is 0. The number of amides is 2. The molecule has 28 heavy (non-hydrogen) atoms. The molecule has 0 saturated carbocycles. The number of hydrogen-bond acceptors (Lipinski definition) is 5. The van der Waals surface area contributed by atoms with E-state index in [0.29, 0.717) is 12.6 Å². The van der Waals surface area contributed by atoms with E-state index in [2.05, 4.69) is 58.0 Å². The van der Waals surface area contributed by atoms with Crippen LogP contribution >= 0.6 is 23.3 Å². The van der Waals surface area contributed by atoms with Crippen LogP contribution in [0.2, 0.25) is 0 Å².